The number of anilines is 1. The number of methoxy groups -OCH3 is 2. The topological polar surface area (TPSA) is 72.0 Å². The van der Waals surface area contributed by atoms with Gasteiger partial charge in [0, 0.05) is 18.7 Å². The van der Waals surface area contributed by atoms with Gasteiger partial charge in [-0.3, -0.25) is 4.79 Å². The van der Waals surface area contributed by atoms with Crippen molar-refractivity contribution in [1.82, 2.24) is 5.43 Å². The maximum atomic E-state index is 11.8. The van der Waals surface area contributed by atoms with Crippen molar-refractivity contribution >= 4 is 17.8 Å². The smallest absolute Gasteiger partial charge is 0.240 e. The van der Waals surface area contributed by atoms with Crippen LogP contribution in [0.4, 0.5) is 5.69 Å². The lowest BCUT2D eigenvalue weighted by molar-refractivity contribution is -0.121. The van der Waals surface area contributed by atoms with Crippen LogP contribution in [0.25, 0.3) is 0 Å². The summed E-state index contributed by atoms with van der Waals surface area (Å²) in [6.07, 6.45) is 2.71. The molecule has 25 heavy (non-hydrogen) atoms. The van der Waals surface area contributed by atoms with Gasteiger partial charge >= 0.3 is 0 Å². The minimum absolute atomic E-state index is 0.115. The summed E-state index contributed by atoms with van der Waals surface area (Å²) in [4.78, 5) is 11.8. The van der Waals surface area contributed by atoms with Crippen LogP contribution in [-0.4, -0.2) is 32.9 Å². The standard InChI is InChI=1S/C19H23N3O3/c1-24-17-10-8-16(9-11-17)20-12-4-7-19(23)22-21-14-15-5-3-6-18(13-15)25-2/h3,5-6,8-11,13-14,20H,4,7,12H2,1-2H3,(H,22,23)/b21-14+. The molecule has 0 unspecified atom stereocenters. The van der Waals surface area contributed by atoms with E-state index in [9.17, 15) is 4.79 Å². The molecule has 0 aromatic heterocycles. The fourth-order valence-corrected chi connectivity index (χ4v) is 2.15. The lowest BCUT2D eigenvalue weighted by atomic mass is 10.2. The lowest BCUT2D eigenvalue weighted by Gasteiger charge is -2.07. The van der Waals surface area contributed by atoms with Crippen LogP contribution < -0.4 is 20.2 Å². The molecule has 0 aliphatic carbocycles. The van der Waals surface area contributed by atoms with E-state index in [1.165, 1.54) is 0 Å². The maximum absolute atomic E-state index is 11.8. The predicted molar refractivity (Wildman–Crippen MR) is 99.4 cm³/mol. The molecule has 0 bridgehead atoms. The Morgan fingerprint density at radius 2 is 1.84 bits per heavy atom. The van der Waals surface area contributed by atoms with Crippen molar-refractivity contribution in [2.45, 2.75) is 12.8 Å². The van der Waals surface area contributed by atoms with Gasteiger partial charge in [0.05, 0.1) is 20.4 Å². The van der Waals surface area contributed by atoms with Gasteiger partial charge in [0.25, 0.3) is 0 Å². The van der Waals surface area contributed by atoms with E-state index in [4.69, 9.17) is 9.47 Å². The molecule has 0 aliphatic rings. The molecule has 0 saturated heterocycles. The quantitative estimate of drug-likeness (QED) is 0.418. The van der Waals surface area contributed by atoms with Crippen molar-refractivity contribution < 1.29 is 14.3 Å². The van der Waals surface area contributed by atoms with Crippen molar-refractivity contribution in [2.75, 3.05) is 26.1 Å². The first-order chi connectivity index (χ1) is 12.2. The molecule has 0 heterocycles. The van der Waals surface area contributed by atoms with E-state index in [2.05, 4.69) is 15.8 Å². The second-order valence-corrected chi connectivity index (χ2v) is 5.33. The summed E-state index contributed by atoms with van der Waals surface area (Å²) < 4.78 is 10.2. The van der Waals surface area contributed by atoms with Crippen LogP contribution in [-0.2, 0) is 4.79 Å². The number of nitrogens with zero attached hydrogens (tertiary/aromatic N) is 1. The summed E-state index contributed by atoms with van der Waals surface area (Å²) in [5.41, 5.74) is 4.39. The van der Waals surface area contributed by atoms with Crippen molar-refractivity contribution in [2.24, 2.45) is 5.10 Å². The Kier molecular flexibility index (Phi) is 7.31. The van der Waals surface area contributed by atoms with Crippen LogP contribution in [0.1, 0.15) is 18.4 Å². The van der Waals surface area contributed by atoms with Crippen LogP contribution >= 0.6 is 0 Å². The van der Waals surface area contributed by atoms with Crippen molar-refractivity contribution in [3.8, 4) is 11.5 Å². The average Bonchev–Trinajstić information content (AvgIpc) is 2.66. The highest BCUT2D eigenvalue weighted by Crippen LogP contribution is 2.15. The predicted octanol–water partition coefficient (Wildman–Crippen LogP) is 3.05. The molecule has 6 nitrogen and oxygen atoms in total. The van der Waals surface area contributed by atoms with Gasteiger partial charge in [-0.05, 0) is 48.4 Å². The molecule has 2 N–H and O–H groups in total. The molecule has 2 aromatic rings. The number of hydrogen-bond donors (Lipinski definition) is 2. The number of hydrogen-bond acceptors (Lipinski definition) is 5. The van der Waals surface area contributed by atoms with E-state index in [0.29, 0.717) is 19.4 Å². The Bertz CT molecular complexity index is 699. The molecule has 0 saturated carbocycles. The van der Waals surface area contributed by atoms with Gasteiger partial charge < -0.3 is 14.8 Å². The fourth-order valence-electron chi connectivity index (χ4n) is 2.15. The first kappa shape index (κ1) is 18.3. The van der Waals surface area contributed by atoms with Gasteiger partial charge in [-0.15, -0.1) is 0 Å². The minimum Gasteiger partial charge on any atom is -0.497 e. The number of carbonyl (C=O) groups is 1. The molecular weight excluding hydrogens is 318 g/mol. The summed E-state index contributed by atoms with van der Waals surface area (Å²) in [5, 5.41) is 7.22. The molecule has 132 valence electrons. The number of benzene rings is 2. The summed E-state index contributed by atoms with van der Waals surface area (Å²) in [6, 6.07) is 15.1. The van der Waals surface area contributed by atoms with E-state index >= 15 is 0 Å². The highest BCUT2D eigenvalue weighted by atomic mass is 16.5. The zero-order chi connectivity index (χ0) is 17.9. The fraction of sp³-hybridized carbons (Fsp3) is 0.263. The molecule has 0 fully saturated rings. The first-order valence-electron chi connectivity index (χ1n) is 8.05. The number of nitrogens with one attached hydrogen (secondary N) is 2. The maximum Gasteiger partial charge on any atom is 0.240 e. The van der Waals surface area contributed by atoms with E-state index in [-0.39, 0.29) is 5.91 Å². The van der Waals surface area contributed by atoms with E-state index < -0.39 is 0 Å². The first-order valence-corrected chi connectivity index (χ1v) is 8.05. The van der Waals surface area contributed by atoms with E-state index in [1.54, 1.807) is 20.4 Å². The monoisotopic (exact) mass is 341 g/mol. The summed E-state index contributed by atoms with van der Waals surface area (Å²) in [7, 11) is 3.25. The summed E-state index contributed by atoms with van der Waals surface area (Å²) in [6.45, 7) is 0.708. The van der Waals surface area contributed by atoms with E-state index in [0.717, 1.165) is 22.7 Å². The third kappa shape index (κ3) is 6.55. The van der Waals surface area contributed by atoms with Crippen LogP contribution in [0.3, 0.4) is 0 Å². The lowest BCUT2D eigenvalue weighted by Crippen LogP contribution is -2.18. The minimum atomic E-state index is -0.115. The Morgan fingerprint density at radius 3 is 2.56 bits per heavy atom. The second kappa shape index (κ2) is 9.97. The highest BCUT2D eigenvalue weighted by molar-refractivity contribution is 5.82. The number of carbonyl (C=O) groups excluding carboxylic acids is 1. The third-order valence-corrected chi connectivity index (χ3v) is 3.50. The second-order valence-electron chi connectivity index (χ2n) is 5.33. The molecule has 0 aliphatic heterocycles. The molecule has 1 amide bonds. The van der Waals surface area contributed by atoms with E-state index in [1.807, 2.05) is 48.5 Å². The van der Waals surface area contributed by atoms with Gasteiger partial charge in [0.15, 0.2) is 0 Å². The molecular formula is C19H23N3O3. The molecule has 6 heteroatoms. The van der Waals surface area contributed by atoms with Gasteiger partial charge in [0.2, 0.25) is 5.91 Å². The SMILES string of the molecule is COc1ccc(NCCCC(=O)N/N=C/c2cccc(OC)c2)cc1. The van der Waals surface area contributed by atoms with Gasteiger partial charge in [-0.2, -0.15) is 5.10 Å². The van der Waals surface area contributed by atoms with Crippen LogP contribution in [0.5, 0.6) is 11.5 Å². The number of rotatable bonds is 9. The number of amides is 1. The Labute approximate surface area is 147 Å². The van der Waals surface area contributed by atoms with Crippen molar-refractivity contribution in [1.29, 1.82) is 0 Å². The molecule has 0 spiro atoms. The van der Waals surface area contributed by atoms with Crippen LogP contribution in [0, 0.1) is 0 Å². The molecule has 0 radical (unpaired) electrons. The molecule has 2 aromatic carbocycles. The summed E-state index contributed by atoms with van der Waals surface area (Å²) in [5.74, 6) is 1.45. The zero-order valence-corrected chi connectivity index (χ0v) is 14.5. The Hall–Kier alpha value is -3.02. The van der Waals surface area contributed by atoms with Crippen molar-refractivity contribution in [3.63, 3.8) is 0 Å². The van der Waals surface area contributed by atoms with Gasteiger partial charge in [-0.25, -0.2) is 5.43 Å². The van der Waals surface area contributed by atoms with Gasteiger partial charge in [0.1, 0.15) is 11.5 Å². The zero-order valence-electron chi connectivity index (χ0n) is 14.5. The third-order valence-electron chi connectivity index (χ3n) is 3.50. The Balaban J connectivity index is 1.65. The normalized spacial score (nSPS) is 10.5. The largest absolute Gasteiger partial charge is 0.497 e. The average molecular weight is 341 g/mol. The van der Waals surface area contributed by atoms with Crippen LogP contribution in [0.15, 0.2) is 53.6 Å². The highest BCUT2D eigenvalue weighted by Gasteiger charge is 2.00. The molecule has 2 rings (SSSR count). The Morgan fingerprint density at radius 1 is 1.08 bits per heavy atom. The summed E-state index contributed by atoms with van der Waals surface area (Å²) >= 11 is 0. The van der Waals surface area contributed by atoms with Crippen LogP contribution in [0.2, 0.25) is 0 Å². The number of hydrazone groups is 1. The van der Waals surface area contributed by atoms with Gasteiger partial charge in [-0.1, -0.05) is 12.1 Å². The number of ether oxygens (including phenoxy) is 2. The molecule has 0 atom stereocenters. The van der Waals surface area contributed by atoms with Crippen molar-refractivity contribution in [3.05, 3.63) is 54.1 Å².